The molecule has 4 rings (SSSR count). The molecule has 2 heterocycles. The second-order valence-corrected chi connectivity index (χ2v) is 7.57. The van der Waals surface area contributed by atoms with E-state index < -0.39 is 0 Å². The largest absolute Gasteiger partial charge is 0.353 e. The highest BCUT2D eigenvalue weighted by atomic mass is 32.1. The fourth-order valence-corrected chi connectivity index (χ4v) is 3.85. The first-order valence-corrected chi connectivity index (χ1v) is 9.57. The number of hydrogen-bond donors (Lipinski definition) is 1. The first-order chi connectivity index (χ1) is 12.2. The molecule has 1 aromatic carbocycles. The number of carbonyl (C=O) groups is 1. The number of halogens is 1. The molecule has 1 N–H and O–H groups in total. The molecule has 2 aliphatic rings. The lowest BCUT2D eigenvalue weighted by atomic mass is 9.96. The van der Waals surface area contributed by atoms with Crippen LogP contribution in [-0.2, 0) is 11.2 Å². The summed E-state index contributed by atoms with van der Waals surface area (Å²) in [4.78, 5) is 19.0. The number of nitrogens with one attached hydrogen (secondary N) is 1. The second kappa shape index (κ2) is 7.07. The smallest absolute Gasteiger partial charge is 0.223 e. The van der Waals surface area contributed by atoms with Gasteiger partial charge in [0.15, 0.2) is 0 Å². The third-order valence-electron chi connectivity index (χ3n) is 4.79. The molecule has 1 aliphatic heterocycles. The minimum Gasteiger partial charge on any atom is -0.353 e. The molecule has 5 nitrogen and oxygen atoms in total. The van der Waals surface area contributed by atoms with Gasteiger partial charge >= 0.3 is 0 Å². The van der Waals surface area contributed by atoms with Crippen LogP contribution >= 0.6 is 11.5 Å². The van der Waals surface area contributed by atoms with Crippen molar-refractivity contribution in [1.29, 1.82) is 0 Å². The number of anilines is 1. The Morgan fingerprint density at radius 2 is 1.92 bits per heavy atom. The Balaban J connectivity index is 1.31. The van der Waals surface area contributed by atoms with Crippen LogP contribution in [0.1, 0.15) is 37.1 Å². The summed E-state index contributed by atoms with van der Waals surface area (Å²) >= 11 is 1.40. The van der Waals surface area contributed by atoms with Gasteiger partial charge < -0.3 is 10.2 Å². The van der Waals surface area contributed by atoms with Crippen LogP contribution < -0.4 is 10.2 Å². The van der Waals surface area contributed by atoms with Gasteiger partial charge in [-0.25, -0.2) is 9.37 Å². The molecular weight excluding hydrogens is 339 g/mol. The fraction of sp³-hybridized carbons (Fsp3) is 0.500. The van der Waals surface area contributed by atoms with Crippen molar-refractivity contribution in [1.82, 2.24) is 14.7 Å². The van der Waals surface area contributed by atoms with Crippen LogP contribution in [0.25, 0.3) is 0 Å². The first kappa shape index (κ1) is 16.4. The van der Waals surface area contributed by atoms with E-state index >= 15 is 0 Å². The SMILES string of the molecule is O=C(NC1CC1)C1CCN(c2nc(Cc3ccc(F)cc3)ns2)CC1. The lowest BCUT2D eigenvalue weighted by molar-refractivity contribution is -0.125. The highest BCUT2D eigenvalue weighted by Gasteiger charge is 2.30. The van der Waals surface area contributed by atoms with Gasteiger partial charge in [0, 0.05) is 43.0 Å². The molecule has 0 spiro atoms. The molecule has 0 atom stereocenters. The Kier molecular flexibility index (Phi) is 4.65. The van der Waals surface area contributed by atoms with Gasteiger partial charge in [-0.3, -0.25) is 4.79 Å². The summed E-state index contributed by atoms with van der Waals surface area (Å²) in [5, 5.41) is 4.02. The molecule has 0 unspecified atom stereocenters. The Morgan fingerprint density at radius 3 is 2.60 bits per heavy atom. The number of amides is 1. The van der Waals surface area contributed by atoms with Crippen molar-refractivity contribution < 1.29 is 9.18 Å². The molecule has 2 aromatic rings. The molecule has 1 saturated heterocycles. The van der Waals surface area contributed by atoms with Crippen LogP contribution in [0.4, 0.5) is 9.52 Å². The molecule has 1 saturated carbocycles. The van der Waals surface area contributed by atoms with Crippen molar-refractivity contribution >= 4 is 22.6 Å². The van der Waals surface area contributed by atoms with Gasteiger partial charge in [0.05, 0.1) is 0 Å². The van der Waals surface area contributed by atoms with E-state index in [0.29, 0.717) is 12.5 Å². The van der Waals surface area contributed by atoms with Gasteiger partial charge in [-0.2, -0.15) is 4.37 Å². The van der Waals surface area contributed by atoms with Crippen molar-refractivity contribution in [3.63, 3.8) is 0 Å². The average Bonchev–Trinajstić information content (AvgIpc) is 3.32. The van der Waals surface area contributed by atoms with Crippen LogP contribution in [0.2, 0.25) is 0 Å². The van der Waals surface area contributed by atoms with Gasteiger partial charge in [-0.05, 0) is 43.4 Å². The molecule has 1 amide bonds. The molecule has 0 radical (unpaired) electrons. The molecule has 0 bridgehead atoms. The maximum Gasteiger partial charge on any atom is 0.223 e. The maximum atomic E-state index is 13.0. The van der Waals surface area contributed by atoms with E-state index in [4.69, 9.17) is 0 Å². The highest BCUT2D eigenvalue weighted by molar-refractivity contribution is 7.09. The van der Waals surface area contributed by atoms with Crippen molar-refractivity contribution in [2.75, 3.05) is 18.0 Å². The van der Waals surface area contributed by atoms with Gasteiger partial charge in [-0.1, -0.05) is 12.1 Å². The number of carbonyl (C=O) groups excluding carboxylic acids is 1. The molecule has 2 fully saturated rings. The number of piperidine rings is 1. The summed E-state index contributed by atoms with van der Waals surface area (Å²) in [5.74, 6) is 0.879. The third-order valence-corrected chi connectivity index (χ3v) is 5.61. The number of aromatic nitrogens is 2. The van der Waals surface area contributed by atoms with E-state index in [2.05, 4.69) is 19.6 Å². The number of rotatable bonds is 5. The quantitative estimate of drug-likeness (QED) is 0.891. The third kappa shape index (κ3) is 4.15. The minimum atomic E-state index is -0.232. The Morgan fingerprint density at radius 1 is 1.20 bits per heavy atom. The molecule has 25 heavy (non-hydrogen) atoms. The molecular formula is C18H21FN4OS. The highest BCUT2D eigenvalue weighted by Crippen LogP contribution is 2.27. The summed E-state index contributed by atoms with van der Waals surface area (Å²) in [7, 11) is 0. The van der Waals surface area contributed by atoms with Crippen LogP contribution in [-0.4, -0.2) is 34.4 Å². The zero-order chi connectivity index (χ0) is 17.2. The molecule has 7 heteroatoms. The zero-order valence-electron chi connectivity index (χ0n) is 13.9. The lowest BCUT2D eigenvalue weighted by Crippen LogP contribution is -2.41. The zero-order valence-corrected chi connectivity index (χ0v) is 14.8. The summed E-state index contributed by atoms with van der Waals surface area (Å²) < 4.78 is 17.4. The summed E-state index contributed by atoms with van der Waals surface area (Å²) in [6.45, 7) is 1.68. The number of hydrogen-bond acceptors (Lipinski definition) is 5. The number of benzene rings is 1. The standard InChI is InChI=1S/C18H21FN4OS/c19-14-3-1-12(2-4-14)11-16-21-18(25-22-16)23-9-7-13(8-10-23)17(24)20-15-5-6-15/h1-4,13,15H,5-11H2,(H,20,24). The minimum absolute atomic E-state index is 0.128. The molecule has 1 aliphatic carbocycles. The summed E-state index contributed by atoms with van der Waals surface area (Å²) in [5.41, 5.74) is 1.00. The topological polar surface area (TPSA) is 58.1 Å². The van der Waals surface area contributed by atoms with Crippen LogP contribution in [0.3, 0.4) is 0 Å². The van der Waals surface area contributed by atoms with Crippen molar-refractivity contribution in [2.24, 2.45) is 5.92 Å². The van der Waals surface area contributed by atoms with Crippen molar-refractivity contribution in [2.45, 2.75) is 38.1 Å². The van der Waals surface area contributed by atoms with Crippen LogP contribution in [0, 0.1) is 11.7 Å². The second-order valence-electron chi connectivity index (χ2n) is 6.84. The van der Waals surface area contributed by atoms with E-state index in [9.17, 15) is 9.18 Å². The summed E-state index contributed by atoms with van der Waals surface area (Å²) in [6.07, 6.45) is 4.60. The van der Waals surface area contributed by atoms with Crippen LogP contribution in [0.15, 0.2) is 24.3 Å². The Labute approximate surface area is 150 Å². The molecule has 132 valence electrons. The Hall–Kier alpha value is -2.02. The van der Waals surface area contributed by atoms with Gasteiger partial charge in [-0.15, -0.1) is 0 Å². The maximum absolute atomic E-state index is 13.0. The van der Waals surface area contributed by atoms with Crippen LogP contribution in [0.5, 0.6) is 0 Å². The van der Waals surface area contributed by atoms with Gasteiger partial charge in [0.1, 0.15) is 11.6 Å². The number of nitrogens with zero attached hydrogens (tertiary/aromatic N) is 3. The molecule has 1 aromatic heterocycles. The Bertz CT molecular complexity index is 736. The first-order valence-electron chi connectivity index (χ1n) is 8.80. The van der Waals surface area contributed by atoms with E-state index in [1.807, 2.05) is 0 Å². The van der Waals surface area contributed by atoms with Gasteiger partial charge in [0.2, 0.25) is 11.0 Å². The lowest BCUT2D eigenvalue weighted by Gasteiger charge is -2.30. The van der Waals surface area contributed by atoms with E-state index in [-0.39, 0.29) is 17.6 Å². The van der Waals surface area contributed by atoms with Gasteiger partial charge in [0.25, 0.3) is 0 Å². The normalized spacial score (nSPS) is 18.4. The van der Waals surface area contributed by atoms with E-state index in [0.717, 1.165) is 55.3 Å². The fourth-order valence-electron chi connectivity index (χ4n) is 3.11. The predicted molar refractivity (Wildman–Crippen MR) is 95.2 cm³/mol. The van der Waals surface area contributed by atoms with Crippen molar-refractivity contribution in [3.05, 3.63) is 41.5 Å². The van der Waals surface area contributed by atoms with E-state index in [1.54, 1.807) is 12.1 Å². The summed E-state index contributed by atoms with van der Waals surface area (Å²) in [6, 6.07) is 6.88. The van der Waals surface area contributed by atoms with E-state index in [1.165, 1.54) is 23.7 Å². The van der Waals surface area contributed by atoms with Crippen molar-refractivity contribution in [3.8, 4) is 0 Å². The monoisotopic (exact) mass is 360 g/mol. The predicted octanol–water partition coefficient (Wildman–Crippen LogP) is 2.76. The average molecular weight is 360 g/mol.